The van der Waals surface area contributed by atoms with Gasteiger partial charge in [0.2, 0.25) is 5.91 Å². The molecule has 1 rings (SSSR count). The van der Waals surface area contributed by atoms with E-state index in [1.807, 2.05) is 0 Å². The van der Waals surface area contributed by atoms with Crippen molar-refractivity contribution in [2.75, 3.05) is 0 Å². The number of carbonyl (C=O) groups excluding carboxylic acids is 1. The highest BCUT2D eigenvalue weighted by molar-refractivity contribution is 5.82. The summed E-state index contributed by atoms with van der Waals surface area (Å²) >= 11 is 0. The second-order valence-corrected chi connectivity index (χ2v) is 4.44. The summed E-state index contributed by atoms with van der Waals surface area (Å²) in [7, 11) is 0. The van der Waals surface area contributed by atoms with Gasteiger partial charge in [0.1, 0.15) is 0 Å². The van der Waals surface area contributed by atoms with Crippen molar-refractivity contribution in [3.63, 3.8) is 0 Å². The molecule has 2 heteroatoms. The Balaban J connectivity index is 2.49. The van der Waals surface area contributed by atoms with Crippen LogP contribution in [0.4, 0.5) is 0 Å². The van der Waals surface area contributed by atoms with Gasteiger partial charge in [0, 0.05) is 12.5 Å². The zero-order valence-corrected chi connectivity index (χ0v) is 8.42. The zero-order valence-electron chi connectivity index (χ0n) is 8.42. The SMILES string of the molecule is CC(C)C(C(C)C)C1CC(=O)N1. The lowest BCUT2D eigenvalue weighted by Gasteiger charge is -2.39. The van der Waals surface area contributed by atoms with Gasteiger partial charge in [0.25, 0.3) is 0 Å². The third-order valence-electron chi connectivity index (χ3n) is 2.76. The van der Waals surface area contributed by atoms with E-state index in [1.54, 1.807) is 0 Å². The first-order valence-corrected chi connectivity index (χ1v) is 4.81. The molecular weight excluding hydrogens is 150 g/mol. The van der Waals surface area contributed by atoms with E-state index in [2.05, 4.69) is 33.0 Å². The molecular formula is C10H19NO. The smallest absolute Gasteiger partial charge is 0.222 e. The predicted molar refractivity (Wildman–Crippen MR) is 49.7 cm³/mol. The van der Waals surface area contributed by atoms with Crippen LogP contribution in [0.15, 0.2) is 0 Å². The molecule has 1 N–H and O–H groups in total. The quantitative estimate of drug-likeness (QED) is 0.641. The molecule has 0 spiro atoms. The Morgan fingerprint density at radius 2 is 1.67 bits per heavy atom. The normalized spacial score (nSPS) is 23.2. The van der Waals surface area contributed by atoms with Crippen LogP contribution in [0.3, 0.4) is 0 Å². The van der Waals surface area contributed by atoms with E-state index < -0.39 is 0 Å². The molecule has 0 aromatic rings. The highest BCUT2D eigenvalue weighted by atomic mass is 16.2. The van der Waals surface area contributed by atoms with Gasteiger partial charge in [-0.1, -0.05) is 27.7 Å². The third-order valence-corrected chi connectivity index (χ3v) is 2.76. The molecule has 1 saturated heterocycles. The van der Waals surface area contributed by atoms with Crippen LogP contribution in [0.25, 0.3) is 0 Å². The molecule has 2 nitrogen and oxygen atoms in total. The molecule has 70 valence electrons. The molecule has 1 amide bonds. The molecule has 1 fully saturated rings. The maximum Gasteiger partial charge on any atom is 0.222 e. The van der Waals surface area contributed by atoms with Gasteiger partial charge in [-0.2, -0.15) is 0 Å². The van der Waals surface area contributed by atoms with Gasteiger partial charge in [-0.25, -0.2) is 0 Å². The zero-order chi connectivity index (χ0) is 9.30. The largest absolute Gasteiger partial charge is 0.352 e. The second-order valence-electron chi connectivity index (χ2n) is 4.44. The third kappa shape index (κ3) is 1.79. The Kier molecular flexibility index (Phi) is 2.76. The Bertz CT molecular complexity index is 159. The first-order chi connectivity index (χ1) is 5.52. The van der Waals surface area contributed by atoms with Gasteiger partial charge >= 0.3 is 0 Å². The fraction of sp³-hybridized carbons (Fsp3) is 0.900. The van der Waals surface area contributed by atoms with Crippen LogP contribution in [-0.4, -0.2) is 11.9 Å². The fourth-order valence-electron chi connectivity index (χ4n) is 2.32. The number of amides is 1. The predicted octanol–water partition coefficient (Wildman–Crippen LogP) is 1.80. The van der Waals surface area contributed by atoms with Gasteiger partial charge in [0.05, 0.1) is 0 Å². The minimum atomic E-state index is 0.214. The number of hydrogen-bond donors (Lipinski definition) is 1. The minimum absolute atomic E-state index is 0.214. The van der Waals surface area contributed by atoms with Crippen molar-refractivity contribution in [1.82, 2.24) is 5.32 Å². The Labute approximate surface area is 74.7 Å². The molecule has 0 aliphatic carbocycles. The van der Waals surface area contributed by atoms with Crippen molar-refractivity contribution in [1.29, 1.82) is 0 Å². The van der Waals surface area contributed by atoms with Gasteiger partial charge in [-0.3, -0.25) is 4.79 Å². The molecule has 0 radical (unpaired) electrons. The van der Waals surface area contributed by atoms with Crippen molar-refractivity contribution >= 4 is 5.91 Å². The summed E-state index contributed by atoms with van der Waals surface area (Å²) in [6, 6.07) is 0.442. The summed E-state index contributed by atoms with van der Waals surface area (Å²) in [6.07, 6.45) is 0.737. The van der Waals surface area contributed by atoms with E-state index in [0.717, 1.165) is 6.42 Å². The standard InChI is InChI=1S/C10H19NO/c1-6(2)10(7(3)4)8-5-9(12)11-8/h6-8,10H,5H2,1-4H3,(H,11,12). The second kappa shape index (κ2) is 3.46. The van der Waals surface area contributed by atoms with Crippen LogP contribution < -0.4 is 5.32 Å². The summed E-state index contributed by atoms with van der Waals surface area (Å²) < 4.78 is 0. The highest BCUT2D eigenvalue weighted by Gasteiger charge is 2.35. The van der Waals surface area contributed by atoms with E-state index in [1.165, 1.54) is 0 Å². The molecule has 1 unspecified atom stereocenters. The number of rotatable bonds is 3. The highest BCUT2D eigenvalue weighted by Crippen LogP contribution is 2.29. The van der Waals surface area contributed by atoms with E-state index in [4.69, 9.17) is 0 Å². The minimum Gasteiger partial charge on any atom is -0.352 e. The van der Waals surface area contributed by atoms with Crippen LogP contribution in [-0.2, 0) is 4.79 Å². The number of hydrogen-bond acceptors (Lipinski definition) is 1. The number of β-lactam (4-membered cyclic amide) rings is 1. The molecule has 0 bridgehead atoms. The van der Waals surface area contributed by atoms with Crippen LogP contribution in [0.1, 0.15) is 34.1 Å². The van der Waals surface area contributed by atoms with Gasteiger partial charge in [-0.05, 0) is 17.8 Å². The van der Waals surface area contributed by atoms with E-state index >= 15 is 0 Å². The molecule has 0 aromatic carbocycles. The van der Waals surface area contributed by atoms with Crippen molar-refractivity contribution in [2.24, 2.45) is 17.8 Å². The van der Waals surface area contributed by atoms with Crippen LogP contribution in [0.5, 0.6) is 0 Å². The van der Waals surface area contributed by atoms with E-state index in [0.29, 0.717) is 23.8 Å². The molecule has 0 saturated carbocycles. The first kappa shape index (κ1) is 9.56. The molecule has 1 aliphatic heterocycles. The lowest BCUT2D eigenvalue weighted by atomic mass is 9.76. The summed E-state index contributed by atoms with van der Waals surface area (Å²) in [5.74, 6) is 2.18. The van der Waals surface area contributed by atoms with Crippen molar-refractivity contribution in [3.8, 4) is 0 Å². The van der Waals surface area contributed by atoms with E-state index in [-0.39, 0.29) is 5.91 Å². The fourth-order valence-corrected chi connectivity index (χ4v) is 2.32. The topological polar surface area (TPSA) is 29.1 Å². The molecule has 1 heterocycles. The maximum absolute atomic E-state index is 10.7. The molecule has 12 heavy (non-hydrogen) atoms. The van der Waals surface area contributed by atoms with Crippen LogP contribution in [0.2, 0.25) is 0 Å². The van der Waals surface area contributed by atoms with Gasteiger partial charge < -0.3 is 5.32 Å². The number of nitrogens with one attached hydrogen (secondary N) is 1. The Morgan fingerprint density at radius 1 is 1.25 bits per heavy atom. The van der Waals surface area contributed by atoms with Crippen molar-refractivity contribution in [3.05, 3.63) is 0 Å². The van der Waals surface area contributed by atoms with Crippen LogP contribution in [0, 0.1) is 17.8 Å². The summed E-state index contributed by atoms with van der Waals surface area (Å²) in [6.45, 7) is 8.93. The molecule has 1 aliphatic rings. The average Bonchev–Trinajstić information content (AvgIpc) is 1.82. The van der Waals surface area contributed by atoms with Gasteiger partial charge in [0.15, 0.2) is 0 Å². The maximum atomic E-state index is 10.7. The molecule has 1 atom stereocenters. The van der Waals surface area contributed by atoms with Crippen LogP contribution >= 0.6 is 0 Å². The van der Waals surface area contributed by atoms with E-state index in [9.17, 15) is 4.79 Å². The summed E-state index contributed by atoms with van der Waals surface area (Å²) in [5.41, 5.74) is 0. The summed E-state index contributed by atoms with van der Waals surface area (Å²) in [5, 5.41) is 2.97. The number of carbonyl (C=O) groups is 1. The van der Waals surface area contributed by atoms with Gasteiger partial charge in [-0.15, -0.1) is 0 Å². The lowest BCUT2D eigenvalue weighted by Crippen LogP contribution is -2.55. The first-order valence-electron chi connectivity index (χ1n) is 4.81. The Hall–Kier alpha value is -0.530. The average molecular weight is 169 g/mol. The van der Waals surface area contributed by atoms with Crippen molar-refractivity contribution in [2.45, 2.75) is 40.2 Å². The molecule has 0 aromatic heterocycles. The van der Waals surface area contributed by atoms with Crippen molar-refractivity contribution < 1.29 is 4.79 Å². The summed E-state index contributed by atoms with van der Waals surface area (Å²) in [4.78, 5) is 10.7. The monoisotopic (exact) mass is 169 g/mol. The Morgan fingerprint density at radius 3 is 1.92 bits per heavy atom. The lowest BCUT2D eigenvalue weighted by molar-refractivity contribution is -0.130.